The van der Waals surface area contributed by atoms with Gasteiger partial charge in [-0.2, -0.15) is 0 Å². The van der Waals surface area contributed by atoms with E-state index >= 15 is 0 Å². The standard InChI is InChI=1S/C50H33NS/c1-2-11-36(12-3-1)46-21-10-22-47-48-33-41(31-32-49(48)52-50(46)47)51(39-27-23-37(24-28-39)44-19-8-15-34-13-4-6-17-42(34)44)40-29-25-38(26-30-40)45-20-9-16-35-14-5-7-18-43(35)45/h1-33H. The summed E-state index contributed by atoms with van der Waals surface area (Å²) >= 11 is 1.88. The number of benzene rings is 9. The quantitative estimate of drug-likeness (QED) is 0.169. The molecule has 10 rings (SSSR count). The largest absolute Gasteiger partial charge is 0.310 e. The maximum atomic E-state index is 2.39. The molecule has 0 N–H and O–H groups in total. The normalized spacial score (nSPS) is 11.5. The highest BCUT2D eigenvalue weighted by molar-refractivity contribution is 7.26. The lowest BCUT2D eigenvalue weighted by atomic mass is 9.97. The molecule has 0 saturated carbocycles. The van der Waals surface area contributed by atoms with E-state index < -0.39 is 0 Å². The average molecular weight is 680 g/mol. The first-order valence-electron chi connectivity index (χ1n) is 17.8. The van der Waals surface area contributed by atoms with Crippen LogP contribution in [0.15, 0.2) is 200 Å². The molecular formula is C50H33NS. The summed E-state index contributed by atoms with van der Waals surface area (Å²) in [6.07, 6.45) is 0. The van der Waals surface area contributed by atoms with E-state index in [9.17, 15) is 0 Å². The first-order valence-corrected chi connectivity index (χ1v) is 18.6. The Balaban J connectivity index is 1.11. The molecule has 1 heterocycles. The van der Waals surface area contributed by atoms with Crippen LogP contribution in [-0.4, -0.2) is 0 Å². The lowest BCUT2D eigenvalue weighted by molar-refractivity contribution is 1.29. The van der Waals surface area contributed by atoms with E-state index in [-0.39, 0.29) is 0 Å². The van der Waals surface area contributed by atoms with E-state index in [1.165, 1.54) is 75.1 Å². The van der Waals surface area contributed by atoms with Gasteiger partial charge in [0, 0.05) is 37.2 Å². The predicted molar refractivity (Wildman–Crippen MR) is 225 cm³/mol. The van der Waals surface area contributed by atoms with Crippen LogP contribution in [0.3, 0.4) is 0 Å². The minimum Gasteiger partial charge on any atom is -0.310 e. The first-order chi connectivity index (χ1) is 25.8. The SMILES string of the molecule is c1ccc(-c2cccc3c2sc2ccc(N(c4ccc(-c5cccc6ccccc56)cc4)c4ccc(-c5cccc6ccccc56)cc4)cc23)cc1. The van der Waals surface area contributed by atoms with Gasteiger partial charge in [0.1, 0.15) is 0 Å². The van der Waals surface area contributed by atoms with Gasteiger partial charge in [0.25, 0.3) is 0 Å². The van der Waals surface area contributed by atoms with Crippen molar-refractivity contribution < 1.29 is 0 Å². The molecule has 0 fully saturated rings. The summed E-state index contributed by atoms with van der Waals surface area (Å²) < 4.78 is 2.62. The van der Waals surface area contributed by atoms with Gasteiger partial charge in [0.2, 0.25) is 0 Å². The maximum Gasteiger partial charge on any atom is 0.0468 e. The van der Waals surface area contributed by atoms with Crippen LogP contribution in [-0.2, 0) is 0 Å². The highest BCUT2D eigenvalue weighted by Gasteiger charge is 2.17. The van der Waals surface area contributed by atoms with Crippen molar-refractivity contribution in [2.75, 3.05) is 4.90 Å². The fraction of sp³-hybridized carbons (Fsp3) is 0. The van der Waals surface area contributed by atoms with Crippen LogP contribution in [0.25, 0.3) is 75.1 Å². The Morgan fingerprint density at radius 2 is 0.769 bits per heavy atom. The number of hydrogen-bond donors (Lipinski definition) is 0. The van der Waals surface area contributed by atoms with Crippen LogP contribution in [0.5, 0.6) is 0 Å². The molecule has 0 aliphatic rings. The summed E-state index contributed by atoms with van der Waals surface area (Å²) in [5.41, 5.74) is 10.8. The lowest BCUT2D eigenvalue weighted by Gasteiger charge is -2.26. The van der Waals surface area contributed by atoms with Gasteiger partial charge in [-0.3, -0.25) is 0 Å². The average Bonchev–Trinajstić information content (AvgIpc) is 3.60. The molecule has 0 aliphatic carbocycles. The molecule has 9 aromatic carbocycles. The lowest BCUT2D eigenvalue weighted by Crippen LogP contribution is -2.09. The van der Waals surface area contributed by atoms with Crippen molar-refractivity contribution in [3.05, 3.63) is 200 Å². The Morgan fingerprint density at radius 1 is 0.308 bits per heavy atom. The summed E-state index contributed by atoms with van der Waals surface area (Å²) in [4.78, 5) is 2.39. The Labute approximate surface area is 307 Å². The Hall–Kier alpha value is -6.48. The number of thiophene rings is 1. The number of nitrogens with zero attached hydrogens (tertiary/aromatic N) is 1. The van der Waals surface area contributed by atoms with E-state index in [1.807, 2.05) is 11.3 Å². The molecule has 10 aromatic rings. The van der Waals surface area contributed by atoms with Crippen LogP contribution >= 0.6 is 11.3 Å². The Kier molecular flexibility index (Phi) is 7.41. The van der Waals surface area contributed by atoms with Crippen molar-refractivity contribution in [3.8, 4) is 33.4 Å². The van der Waals surface area contributed by atoms with E-state index in [0.717, 1.165) is 17.1 Å². The second kappa shape index (κ2) is 12.7. The molecule has 0 aliphatic heterocycles. The van der Waals surface area contributed by atoms with Gasteiger partial charge in [-0.15, -0.1) is 11.3 Å². The van der Waals surface area contributed by atoms with Crippen molar-refractivity contribution in [2.45, 2.75) is 0 Å². The molecule has 52 heavy (non-hydrogen) atoms. The Morgan fingerprint density at radius 3 is 1.38 bits per heavy atom. The first kappa shape index (κ1) is 30.4. The molecule has 0 unspecified atom stereocenters. The zero-order chi connectivity index (χ0) is 34.4. The fourth-order valence-electron chi connectivity index (χ4n) is 7.75. The predicted octanol–water partition coefficient (Wildman–Crippen LogP) is 14.8. The van der Waals surface area contributed by atoms with Crippen molar-refractivity contribution in [1.82, 2.24) is 0 Å². The van der Waals surface area contributed by atoms with E-state index in [2.05, 4.69) is 205 Å². The van der Waals surface area contributed by atoms with Gasteiger partial charge in [0.05, 0.1) is 0 Å². The van der Waals surface area contributed by atoms with Crippen molar-refractivity contribution in [1.29, 1.82) is 0 Å². The number of hydrogen-bond acceptors (Lipinski definition) is 2. The zero-order valence-corrected chi connectivity index (χ0v) is 29.2. The number of rotatable bonds is 6. The summed E-state index contributed by atoms with van der Waals surface area (Å²) in [5.74, 6) is 0. The second-order valence-corrected chi connectivity index (χ2v) is 14.4. The molecule has 0 amide bonds. The molecule has 0 atom stereocenters. The van der Waals surface area contributed by atoms with Crippen LogP contribution in [0.2, 0.25) is 0 Å². The third-order valence-electron chi connectivity index (χ3n) is 10.3. The van der Waals surface area contributed by atoms with Gasteiger partial charge in [-0.25, -0.2) is 0 Å². The van der Waals surface area contributed by atoms with Gasteiger partial charge in [-0.05, 0) is 97.4 Å². The smallest absolute Gasteiger partial charge is 0.0468 e. The molecule has 2 heteroatoms. The molecule has 1 nitrogen and oxygen atoms in total. The summed E-state index contributed by atoms with van der Waals surface area (Å²) in [5, 5.41) is 7.61. The minimum atomic E-state index is 1.12. The molecule has 1 aromatic heterocycles. The monoisotopic (exact) mass is 679 g/mol. The van der Waals surface area contributed by atoms with Gasteiger partial charge < -0.3 is 4.90 Å². The molecular weight excluding hydrogens is 647 g/mol. The summed E-state index contributed by atoms with van der Waals surface area (Å²) in [7, 11) is 0. The van der Waals surface area contributed by atoms with Crippen LogP contribution < -0.4 is 4.90 Å². The number of fused-ring (bicyclic) bond motifs is 5. The summed E-state index contributed by atoms with van der Waals surface area (Å²) in [6.45, 7) is 0. The topological polar surface area (TPSA) is 3.24 Å². The Bertz CT molecular complexity index is 2750. The van der Waals surface area contributed by atoms with E-state index in [4.69, 9.17) is 0 Å². The molecule has 0 radical (unpaired) electrons. The number of anilines is 3. The molecule has 0 bridgehead atoms. The van der Waals surface area contributed by atoms with Crippen molar-refractivity contribution in [2.24, 2.45) is 0 Å². The molecule has 0 saturated heterocycles. The van der Waals surface area contributed by atoms with Crippen LogP contribution in [0, 0.1) is 0 Å². The van der Waals surface area contributed by atoms with E-state index in [0.29, 0.717) is 0 Å². The summed E-state index contributed by atoms with van der Waals surface area (Å²) in [6, 6.07) is 72.9. The van der Waals surface area contributed by atoms with Crippen molar-refractivity contribution in [3.63, 3.8) is 0 Å². The zero-order valence-electron chi connectivity index (χ0n) is 28.4. The van der Waals surface area contributed by atoms with Crippen LogP contribution in [0.1, 0.15) is 0 Å². The maximum absolute atomic E-state index is 2.39. The molecule has 0 spiro atoms. The molecule has 244 valence electrons. The fourth-order valence-corrected chi connectivity index (χ4v) is 8.97. The third-order valence-corrected chi connectivity index (χ3v) is 11.5. The highest BCUT2D eigenvalue weighted by Crippen LogP contribution is 2.44. The van der Waals surface area contributed by atoms with E-state index in [1.54, 1.807) is 0 Å². The van der Waals surface area contributed by atoms with Gasteiger partial charge >= 0.3 is 0 Å². The van der Waals surface area contributed by atoms with Gasteiger partial charge in [-0.1, -0.05) is 158 Å². The van der Waals surface area contributed by atoms with Crippen LogP contribution in [0.4, 0.5) is 17.1 Å². The van der Waals surface area contributed by atoms with Gasteiger partial charge in [0.15, 0.2) is 0 Å². The third kappa shape index (κ3) is 5.24. The van der Waals surface area contributed by atoms with Crippen molar-refractivity contribution >= 4 is 70.1 Å². The minimum absolute atomic E-state index is 1.12. The highest BCUT2D eigenvalue weighted by atomic mass is 32.1. The second-order valence-electron chi connectivity index (χ2n) is 13.3.